The van der Waals surface area contributed by atoms with Gasteiger partial charge in [0.15, 0.2) is 0 Å². The summed E-state index contributed by atoms with van der Waals surface area (Å²) in [4.78, 5) is 13.1. The fraction of sp³-hybridized carbons (Fsp3) is 0.118. The van der Waals surface area contributed by atoms with E-state index in [2.05, 4.69) is 39.2 Å². The van der Waals surface area contributed by atoms with Gasteiger partial charge in [0.2, 0.25) is 0 Å². The fourth-order valence-electron chi connectivity index (χ4n) is 2.94. The van der Waals surface area contributed by atoms with E-state index in [1.54, 1.807) is 0 Å². The highest BCUT2D eigenvalue weighted by Gasteiger charge is 2.30. The molecule has 20 heavy (non-hydrogen) atoms. The van der Waals surface area contributed by atoms with Crippen molar-refractivity contribution >= 4 is 0 Å². The minimum Gasteiger partial charge on any atom is -0.265 e. The van der Waals surface area contributed by atoms with Gasteiger partial charge in [-0.25, -0.2) is 0 Å². The number of fused-ring (bicyclic) bond motifs is 3. The second-order valence-electron chi connectivity index (χ2n) is 4.99. The Labute approximate surface area is 117 Å². The highest BCUT2D eigenvalue weighted by atomic mass is 14.8. The van der Waals surface area contributed by atoms with Crippen molar-refractivity contribution in [1.29, 1.82) is 0 Å². The molecule has 0 atom stereocenters. The van der Waals surface area contributed by atoms with E-state index in [9.17, 15) is 0 Å². The third-order valence-corrected chi connectivity index (χ3v) is 3.84. The van der Waals surface area contributed by atoms with E-state index in [-0.39, 0.29) is 0 Å². The van der Waals surface area contributed by atoms with E-state index in [0.29, 0.717) is 5.92 Å². The molecule has 3 aromatic rings. The van der Waals surface area contributed by atoms with Gasteiger partial charge in [0.05, 0.1) is 11.4 Å². The van der Waals surface area contributed by atoms with Crippen LogP contribution in [-0.4, -0.2) is 15.0 Å². The lowest BCUT2D eigenvalue weighted by Crippen LogP contribution is -2.01. The predicted octanol–water partition coefficient (Wildman–Crippen LogP) is 3.23. The zero-order valence-electron chi connectivity index (χ0n) is 10.9. The van der Waals surface area contributed by atoms with Crippen LogP contribution in [0, 0.1) is 0 Å². The SMILES string of the molecule is c1cnc2c(c1)C(Cc1ccncc1)c1cccnc1-2. The van der Waals surface area contributed by atoms with Crippen LogP contribution in [0.5, 0.6) is 0 Å². The molecule has 1 aliphatic carbocycles. The maximum Gasteiger partial charge on any atom is 0.0927 e. The van der Waals surface area contributed by atoms with Crippen LogP contribution in [-0.2, 0) is 6.42 Å². The molecule has 0 fully saturated rings. The lowest BCUT2D eigenvalue weighted by Gasteiger charge is -2.12. The van der Waals surface area contributed by atoms with Crippen molar-refractivity contribution in [1.82, 2.24) is 15.0 Å². The molecule has 0 N–H and O–H groups in total. The average molecular weight is 259 g/mol. The summed E-state index contributed by atoms with van der Waals surface area (Å²) in [6.07, 6.45) is 8.33. The van der Waals surface area contributed by atoms with E-state index < -0.39 is 0 Å². The predicted molar refractivity (Wildman–Crippen MR) is 77.3 cm³/mol. The highest BCUT2D eigenvalue weighted by molar-refractivity contribution is 5.72. The number of hydrogen-bond acceptors (Lipinski definition) is 3. The maximum atomic E-state index is 4.52. The molecular weight excluding hydrogens is 246 g/mol. The van der Waals surface area contributed by atoms with Gasteiger partial charge in [0.1, 0.15) is 0 Å². The molecule has 4 rings (SSSR count). The molecule has 96 valence electrons. The van der Waals surface area contributed by atoms with E-state index >= 15 is 0 Å². The molecule has 0 unspecified atom stereocenters. The van der Waals surface area contributed by atoms with E-state index in [0.717, 1.165) is 17.8 Å². The van der Waals surface area contributed by atoms with Gasteiger partial charge < -0.3 is 0 Å². The molecule has 1 aliphatic rings. The quantitative estimate of drug-likeness (QED) is 0.709. The minimum atomic E-state index is 0.338. The maximum absolute atomic E-state index is 4.52. The summed E-state index contributed by atoms with van der Waals surface area (Å²) >= 11 is 0. The van der Waals surface area contributed by atoms with Crippen LogP contribution in [0.3, 0.4) is 0 Å². The summed E-state index contributed by atoms with van der Waals surface area (Å²) in [6.45, 7) is 0. The van der Waals surface area contributed by atoms with Crippen molar-refractivity contribution in [2.45, 2.75) is 12.3 Å². The second kappa shape index (κ2) is 4.53. The Bertz CT molecular complexity index is 707. The molecule has 3 aromatic heterocycles. The summed E-state index contributed by atoms with van der Waals surface area (Å²) < 4.78 is 0. The Balaban J connectivity index is 1.83. The van der Waals surface area contributed by atoms with Crippen LogP contribution in [0.4, 0.5) is 0 Å². The first-order valence-electron chi connectivity index (χ1n) is 6.72. The number of pyridine rings is 3. The largest absolute Gasteiger partial charge is 0.265 e. The van der Waals surface area contributed by atoms with Crippen molar-refractivity contribution in [3.05, 3.63) is 77.9 Å². The van der Waals surface area contributed by atoms with Gasteiger partial charge in [-0.2, -0.15) is 0 Å². The number of hydrogen-bond donors (Lipinski definition) is 0. The number of aromatic nitrogens is 3. The monoisotopic (exact) mass is 259 g/mol. The summed E-state index contributed by atoms with van der Waals surface area (Å²) in [6, 6.07) is 12.5. The molecular formula is C17H13N3. The van der Waals surface area contributed by atoms with E-state index in [1.807, 2.05) is 36.9 Å². The average Bonchev–Trinajstić information content (AvgIpc) is 2.84. The second-order valence-corrected chi connectivity index (χ2v) is 4.99. The van der Waals surface area contributed by atoms with Crippen LogP contribution in [0.2, 0.25) is 0 Å². The molecule has 0 bridgehead atoms. The minimum absolute atomic E-state index is 0.338. The lowest BCUT2D eigenvalue weighted by molar-refractivity contribution is 0.821. The Morgan fingerprint density at radius 2 is 1.35 bits per heavy atom. The molecule has 3 heteroatoms. The fourth-order valence-corrected chi connectivity index (χ4v) is 2.94. The van der Waals surface area contributed by atoms with E-state index in [4.69, 9.17) is 0 Å². The van der Waals surface area contributed by atoms with Gasteiger partial charge in [-0.3, -0.25) is 15.0 Å². The standard InChI is InChI=1S/C17H13N3/c1-3-13-15(11-12-5-9-18-10-6-12)14-4-2-8-20-17(14)16(13)19-7-1/h1-10,15H,11H2. The normalized spacial score (nSPS) is 13.0. The van der Waals surface area contributed by atoms with Gasteiger partial charge in [-0.05, 0) is 47.4 Å². The van der Waals surface area contributed by atoms with Gasteiger partial charge >= 0.3 is 0 Å². The van der Waals surface area contributed by atoms with Crippen LogP contribution >= 0.6 is 0 Å². The van der Waals surface area contributed by atoms with Crippen molar-refractivity contribution in [2.75, 3.05) is 0 Å². The molecule has 0 aromatic carbocycles. The van der Waals surface area contributed by atoms with E-state index in [1.165, 1.54) is 16.7 Å². The number of nitrogens with zero attached hydrogens (tertiary/aromatic N) is 3. The summed E-state index contributed by atoms with van der Waals surface area (Å²) in [5.41, 5.74) is 5.90. The molecule has 3 nitrogen and oxygen atoms in total. The zero-order chi connectivity index (χ0) is 13.4. The zero-order valence-corrected chi connectivity index (χ0v) is 10.9. The Morgan fingerprint density at radius 3 is 1.95 bits per heavy atom. The molecule has 0 saturated carbocycles. The Morgan fingerprint density at radius 1 is 0.750 bits per heavy atom. The van der Waals surface area contributed by atoms with Gasteiger partial charge in [0, 0.05) is 30.7 Å². The smallest absolute Gasteiger partial charge is 0.0927 e. The van der Waals surface area contributed by atoms with Crippen LogP contribution in [0.1, 0.15) is 22.6 Å². The molecule has 0 aliphatic heterocycles. The molecule has 0 radical (unpaired) electrons. The third kappa shape index (κ3) is 1.71. The van der Waals surface area contributed by atoms with Gasteiger partial charge in [0.25, 0.3) is 0 Å². The summed E-state index contributed by atoms with van der Waals surface area (Å²) in [5, 5.41) is 0. The van der Waals surface area contributed by atoms with Crippen LogP contribution in [0.25, 0.3) is 11.4 Å². The van der Waals surface area contributed by atoms with Crippen molar-refractivity contribution < 1.29 is 0 Å². The van der Waals surface area contributed by atoms with Gasteiger partial charge in [-0.1, -0.05) is 12.1 Å². The first-order valence-corrected chi connectivity index (χ1v) is 6.72. The topological polar surface area (TPSA) is 38.7 Å². The Kier molecular flexibility index (Phi) is 2.56. The molecule has 3 heterocycles. The summed E-state index contributed by atoms with van der Waals surface area (Å²) in [5.74, 6) is 0.338. The lowest BCUT2D eigenvalue weighted by atomic mass is 9.91. The molecule has 0 spiro atoms. The first-order chi connectivity index (χ1) is 9.93. The van der Waals surface area contributed by atoms with Crippen molar-refractivity contribution in [2.24, 2.45) is 0 Å². The van der Waals surface area contributed by atoms with Crippen molar-refractivity contribution in [3.63, 3.8) is 0 Å². The molecule has 0 saturated heterocycles. The van der Waals surface area contributed by atoms with Gasteiger partial charge in [-0.15, -0.1) is 0 Å². The Hall–Kier alpha value is -2.55. The highest BCUT2D eigenvalue weighted by Crippen LogP contribution is 2.43. The third-order valence-electron chi connectivity index (χ3n) is 3.84. The summed E-state index contributed by atoms with van der Waals surface area (Å²) in [7, 11) is 0. The first kappa shape index (κ1) is 11.3. The molecule has 0 amide bonds. The van der Waals surface area contributed by atoms with Crippen LogP contribution in [0.15, 0.2) is 61.2 Å². The number of rotatable bonds is 2. The van der Waals surface area contributed by atoms with Crippen LogP contribution < -0.4 is 0 Å². The van der Waals surface area contributed by atoms with Crippen molar-refractivity contribution in [3.8, 4) is 11.4 Å².